The second kappa shape index (κ2) is 5.66. The molecule has 2 atom stereocenters. The van der Waals surface area contributed by atoms with E-state index >= 15 is 0 Å². The lowest BCUT2D eigenvalue weighted by Gasteiger charge is -2.26. The topological polar surface area (TPSA) is 72.3 Å². The molecule has 23 heavy (non-hydrogen) atoms. The van der Waals surface area contributed by atoms with Gasteiger partial charge < -0.3 is 16.4 Å². The number of carbonyl (C=O) groups excluding carboxylic acids is 1. The molecule has 1 aliphatic rings. The Bertz CT molecular complexity index is 773. The molecule has 1 unspecified atom stereocenters. The zero-order valence-electron chi connectivity index (χ0n) is 13.2. The Hall–Kier alpha value is -2.40. The summed E-state index contributed by atoms with van der Waals surface area (Å²) in [5.41, 5.74) is 15.6. The number of hydrogen-bond acceptors (Lipinski definition) is 3. The summed E-state index contributed by atoms with van der Waals surface area (Å²) in [6.07, 6.45) is 0. The van der Waals surface area contributed by atoms with E-state index in [0.717, 1.165) is 11.1 Å². The maximum absolute atomic E-state index is 13.8. The molecule has 4 N–H and O–H groups in total. The van der Waals surface area contributed by atoms with Gasteiger partial charge in [-0.3, -0.25) is 4.79 Å². The molecule has 0 fully saturated rings. The highest BCUT2D eigenvalue weighted by molar-refractivity contribution is 6.03. The Labute approximate surface area is 134 Å². The number of hydrogen-bond donors (Lipinski definition) is 2. The number of benzene rings is 2. The number of nitrogens with zero attached hydrogens (tertiary/aromatic N) is 1. The molecule has 0 spiro atoms. The van der Waals surface area contributed by atoms with Crippen LogP contribution in [0.15, 0.2) is 36.4 Å². The number of halogens is 1. The normalized spacial score (nSPS) is 17.9. The molecule has 0 saturated carbocycles. The van der Waals surface area contributed by atoms with Gasteiger partial charge in [0.2, 0.25) is 5.91 Å². The zero-order chi connectivity index (χ0) is 16.7. The molecule has 1 amide bonds. The molecule has 2 aromatic carbocycles. The van der Waals surface area contributed by atoms with Crippen LogP contribution in [0.5, 0.6) is 0 Å². The molecule has 0 aromatic heterocycles. The second-order valence-corrected chi connectivity index (χ2v) is 6.11. The van der Waals surface area contributed by atoms with Crippen molar-refractivity contribution in [3.05, 3.63) is 47.8 Å². The SMILES string of the molecule is CC1CN(C(=O)[C@H](C)N)c2cccc(N)c2-c2cc(F)ccc21. The first kappa shape index (κ1) is 15.5. The summed E-state index contributed by atoms with van der Waals surface area (Å²) < 4.78 is 13.8. The van der Waals surface area contributed by atoms with E-state index in [1.807, 2.05) is 13.0 Å². The van der Waals surface area contributed by atoms with Crippen LogP contribution in [0.2, 0.25) is 0 Å². The van der Waals surface area contributed by atoms with Crippen LogP contribution in [0.25, 0.3) is 11.1 Å². The summed E-state index contributed by atoms with van der Waals surface area (Å²) in [5, 5.41) is 0. The summed E-state index contributed by atoms with van der Waals surface area (Å²) in [7, 11) is 0. The van der Waals surface area contributed by atoms with Crippen molar-refractivity contribution in [1.82, 2.24) is 0 Å². The van der Waals surface area contributed by atoms with Crippen molar-refractivity contribution in [3.8, 4) is 11.1 Å². The minimum Gasteiger partial charge on any atom is -0.398 e. The van der Waals surface area contributed by atoms with Crippen LogP contribution in [0.3, 0.4) is 0 Å². The number of amides is 1. The first-order valence-corrected chi connectivity index (χ1v) is 7.65. The van der Waals surface area contributed by atoms with Gasteiger partial charge >= 0.3 is 0 Å². The average Bonchev–Trinajstić information content (AvgIpc) is 2.62. The smallest absolute Gasteiger partial charge is 0.243 e. The third-order valence-corrected chi connectivity index (χ3v) is 4.29. The molecule has 120 valence electrons. The summed E-state index contributed by atoms with van der Waals surface area (Å²) in [6.45, 7) is 4.16. The minimum atomic E-state index is -0.616. The molecular formula is C18H20FN3O. The van der Waals surface area contributed by atoms with Crippen molar-refractivity contribution in [2.24, 2.45) is 5.73 Å². The van der Waals surface area contributed by atoms with Crippen LogP contribution in [0.1, 0.15) is 25.3 Å². The number of nitrogen functional groups attached to an aromatic ring is 1. The first-order valence-electron chi connectivity index (χ1n) is 7.65. The fourth-order valence-electron chi connectivity index (χ4n) is 3.18. The van der Waals surface area contributed by atoms with Crippen molar-refractivity contribution >= 4 is 17.3 Å². The third-order valence-electron chi connectivity index (χ3n) is 4.29. The maximum Gasteiger partial charge on any atom is 0.243 e. The van der Waals surface area contributed by atoms with E-state index in [-0.39, 0.29) is 17.6 Å². The highest BCUT2D eigenvalue weighted by Gasteiger charge is 2.30. The van der Waals surface area contributed by atoms with Crippen molar-refractivity contribution in [2.75, 3.05) is 17.2 Å². The standard InChI is InChI=1S/C18H20FN3O/c1-10-9-22(18(23)11(2)20)16-5-3-4-15(21)17(16)14-8-12(19)6-7-13(10)14/h3-8,10-11H,9,20-21H2,1-2H3/t10?,11-/m0/s1. The molecule has 2 aromatic rings. The predicted molar refractivity (Wildman–Crippen MR) is 90.7 cm³/mol. The fraction of sp³-hybridized carbons (Fsp3) is 0.278. The van der Waals surface area contributed by atoms with Crippen molar-refractivity contribution in [3.63, 3.8) is 0 Å². The number of fused-ring (bicyclic) bond motifs is 3. The van der Waals surface area contributed by atoms with E-state index in [1.54, 1.807) is 30.0 Å². The van der Waals surface area contributed by atoms with Crippen molar-refractivity contribution in [2.45, 2.75) is 25.8 Å². The van der Waals surface area contributed by atoms with Crippen molar-refractivity contribution < 1.29 is 9.18 Å². The van der Waals surface area contributed by atoms with E-state index in [1.165, 1.54) is 12.1 Å². The summed E-state index contributed by atoms with van der Waals surface area (Å²) in [4.78, 5) is 14.2. The summed E-state index contributed by atoms with van der Waals surface area (Å²) in [5.74, 6) is -0.450. The van der Waals surface area contributed by atoms with Crippen LogP contribution in [0, 0.1) is 5.82 Å². The monoisotopic (exact) mass is 313 g/mol. The number of anilines is 2. The highest BCUT2D eigenvalue weighted by Crippen LogP contribution is 2.43. The second-order valence-electron chi connectivity index (χ2n) is 6.11. The molecule has 5 heteroatoms. The lowest BCUT2D eigenvalue weighted by atomic mass is 9.92. The molecule has 1 heterocycles. The van der Waals surface area contributed by atoms with Gasteiger partial charge in [-0.1, -0.05) is 19.1 Å². The lowest BCUT2D eigenvalue weighted by Crippen LogP contribution is -2.43. The van der Waals surface area contributed by atoms with Crippen LogP contribution in [0.4, 0.5) is 15.8 Å². The van der Waals surface area contributed by atoms with Crippen molar-refractivity contribution in [1.29, 1.82) is 0 Å². The average molecular weight is 313 g/mol. The Morgan fingerprint density at radius 3 is 2.78 bits per heavy atom. The van der Waals surface area contributed by atoms with Gasteiger partial charge in [0.15, 0.2) is 0 Å². The van der Waals surface area contributed by atoms with Gasteiger partial charge in [-0.25, -0.2) is 4.39 Å². The molecule has 3 rings (SSSR count). The first-order chi connectivity index (χ1) is 10.9. The molecule has 0 bridgehead atoms. The van der Waals surface area contributed by atoms with Gasteiger partial charge in [0.1, 0.15) is 5.82 Å². The summed E-state index contributed by atoms with van der Waals surface area (Å²) in [6, 6.07) is 9.47. The van der Waals surface area contributed by atoms with Gasteiger partial charge in [-0.2, -0.15) is 0 Å². The van der Waals surface area contributed by atoms with E-state index in [0.29, 0.717) is 23.5 Å². The lowest BCUT2D eigenvalue weighted by molar-refractivity contribution is -0.119. The van der Waals surface area contributed by atoms with Gasteiger partial charge in [-0.05, 0) is 48.2 Å². The zero-order valence-corrected chi connectivity index (χ0v) is 13.2. The number of carbonyl (C=O) groups is 1. The highest BCUT2D eigenvalue weighted by atomic mass is 19.1. The fourth-order valence-corrected chi connectivity index (χ4v) is 3.18. The molecule has 0 radical (unpaired) electrons. The largest absolute Gasteiger partial charge is 0.398 e. The molecule has 1 aliphatic heterocycles. The third kappa shape index (κ3) is 2.57. The summed E-state index contributed by atoms with van der Waals surface area (Å²) >= 11 is 0. The van der Waals surface area contributed by atoms with E-state index < -0.39 is 6.04 Å². The quantitative estimate of drug-likeness (QED) is 0.795. The Balaban J connectivity index is 2.30. The Morgan fingerprint density at radius 1 is 1.35 bits per heavy atom. The van der Waals surface area contributed by atoms with E-state index in [9.17, 15) is 9.18 Å². The molecule has 0 aliphatic carbocycles. The molecular weight excluding hydrogens is 293 g/mol. The predicted octanol–water partition coefficient (Wildman–Crippen LogP) is 2.87. The van der Waals surface area contributed by atoms with Gasteiger partial charge in [0.25, 0.3) is 0 Å². The van der Waals surface area contributed by atoms with Gasteiger partial charge in [0.05, 0.1) is 11.7 Å². The van der Waals surface area contributed by atoms with Gasteiger partial charge in [0, 0.05) is 17.8 Å². The Kier molecular flexibility index (Phi) is 3.82. The van der Waals surface area contributed by atoms with Crippen LogP contribution in [-0.4, -0.2) is 18.5 Å². The van der Waals surface area contributed by atoms with Gasteiger partial charge in [-0.15, -0.1) is 0 Å². The maximum atomic E-state index is 13.8. The number of nitrogens with two attached hydrogens (primary N) is 2. The van der Waals surface area contributed by atoms with E-state index in [4.69, 9.17) is 11.5 Å². The van der Waals surface area contributed by atoms with E-state index in [2.05, 4.69) is 0 Å². The molecule has 0 saturated heterocycles. The van der Waals surface area contributed by atoms with Crippen LogP contribution >= 0.6 is 0 Å². The Morgan fingerprint density at radius 2 is 2.09 bits per heavy atom. The number of rotatable bonds is 1. The minimum absolute atomic E-state index is 0.0418. The van der Waals surface area contributed by atoms with Crippen LogP contribution < -0.4 is 16.4 Å². The molecule has 4 nitrogen and oxygen atoms in total. The van der Waals surface area contributed by atoms with Crippen LogP contribution in [-0.2, 0) is 4.79 Å².